The third-order valence-electron chi connectivity index (χ3n) is 0.569. The molecule has 2 N–H and O–H groups in total. The topological polar surface area (TPSA) is 110 Å². The summed E-state index contributed by atoms with van der Waals surface area (Å²) < 4.78 is 24.2. The first-order chi connectivity index (χ1) is 4.81. The molecule has 0 aromatic carbocycles. The maximum atomic E-state index is 10.1. The van der Waals surface area contributed by atoms with Crippen molar-refractivity contribution in [3.8, 4) is 0 Å². The Labute approximate surface area is 63.5 Å². The van der Waals surface area contributed by atoms with Crippen molar-refractivity contribution in [2.24, 2.45) is 5.14 Å². The van der Waals surface area contributed by atoms with Crippen molar-refractivity contribution >= 4 is 16.3 Å². The molecule has 0 saturated carbocycles. The zero-order valence-corrected chi connectivity index (χ0v) is 6.42. The maximum absolute atomic E-state index is 10.1. The first-order valence-corrected chi connectivity index (χ1v) is 3.90. The van der Waals surface area contributed by atoms with Crippen molar-refractivity contribution in [2.75, 3.05) is 0 Å². The number of rotatable bonds is 3. The summed E-state index contributed by atoms with van der Waals surface area (Å²) in [5.41, 5.74) is 0. The highest BCUT2D eigenvalue weighted by atomic mass is 32.2. The fourth-order valence-corrected chi connectivity index (χ4v) is 0.788. The summed E-state index contributed by atoms with van der Waals surface area (Å²) in [6.45, 7) is 1.13. The molecule has 0 aromatic heterocycles. The fourth-order valence-electron chi connectivity index (χ4n) is 0.373. The molecule has 0 aliphatic heterocycles. The van der Waals surface area contributed by atoms with Crippen LogP contribution in [-0.4, -0.2) is 14.4 Å². The van der Waals surface area contributed by atoms with E-state index in [1.165, 1.54) is 0 Å². The van der Waals surface area contributed by atoms with Crippen molar-refractivity contribution in [3.63, 3.8) is 0 Å². The van der Waals surface area contributed by atoms with Gasteiger partial charge in [0, 0.05) is 6.08 Å². The molecule has 11 heavy (non-hydrogen) atoms. The second-order valence-electron chi connectivity index (χ2n) is 1.65. The van der Waals surface area contributed by atoms with Crippen LogP contribution in [0.5, 0.6) is 0 Å². The molecule has 0 aliphatic carbocycles. The molecule has 0 aliphatic rings. The zero-order chi connectivity index (χ0) is 9.07. The van der Waals surface area contributed by atoms with E-state index in [9.17, 15) is 18.3 Å². The molecule has 0 bridgehead atoms. The van der Waals surface area contributed by atoms with Crippen molar-refractivity contribution in [3.05, 3.63) is 11.8 Å². The van der Waals surface area contributed by atoms with Crippen LogP contribution in [0, 0.1) is 0 Å². The van der Waals surface area contributed by atoms with Crippen molar-refractivity contribution < 1.29 is 22.5 Å². The van der Waals surface area contributed by atoms with E-state index in [0.29, 0.717) is 6.08 Å². The lowest BCUT2D eigenvalue weighted by molar-refractivity contribution is -0.297. The molecule has 0 aromatic rings. The molecule has 0 spiro atoms. The van der Waals surface area contributed by atoms with Gasteiger partial charge in [0.15, 0.2) is 0 Å². The lowest BCUT2D eigenvalue weighted by Crippen LogP contribution is -2.21. The van der Waals surface area contributed by atoms with Crippen molar-refractivity contribution in [2.45, 2.75) is 6.92 Å². The Bertz CT molecular complexity index is 277. The summed E-state index contributed by atoms with van der Waals surface area (Å²) in [7, 11) is -4.13. The van der Waals surface area contributed by atoms with Gasteiger partial charge in [0.25, 0.3) is 0 Å². The number of carboxylic acid groups (broad SMARTS) is 1. The van der Waals surface area contributed by atoms with Gasteiger partial charge in [-0.1, -0.05) is 0 Å². The van der Waals surface area contributed by atoms with E-state index in [1.807, 2.05) is 0 Å². The molecule has 7 heteroatoms. The number of allylic oxidation sites excluding steroid dienone is 1. The second-order valence-corrected chi connectivity index (χ2v) is 2.80. The summed E-state index contributed by atoms with van der Waals surface area (Å²) >= 11 is 0. The second kappa shape index (κ2) is 3.35. The normalized spacial score (nSPS) is 12.7. The Kier molecular flexibility index (Phi) is 3.02. The third-order valence-corrected chi connectivity index (χ3v) is 1.06. The fraction of sp³-hybridized carbons (Fsp3) is 0.250. The first-order valence-electron chi connectivity index (χ1n) is 2.43. The van der Waals surface area contributed by atoms with Gasteiger partial charge in [0.05, 0.1) is 5.97 Å². The molecule has 0 heterocycles. The van der Waals surface area contributed by atoms with Gasteiger partial charge < -0.3 is 14.1 Å². The van der Waals surface area contributed by atoms with Crippen LogP contribution in [0.2, 0.25) is 0 Å². The predicted molar refractivity (Wildman–Crippen MR) is 33.0 cm³/mol. The lowest BCUT2D eigenvalue weighted by Gasteiger charge is -2.01. The Balaban J connectivity index is 4.31. The predicted octanol–water partition coefficient (Wildman–Crippen LogP) is -2.14. The van der Waals surface area contributed by atoms with E-state index in [1.54, 1.807) is 0 Å². The van der Waals surface area contributed by atoms with Crippen LogP contribution in [0.1, 0.15) is 6.92 Å². The number of aliphatic carboxylic acids is 1. The molecule has 0 radical (unpaired) electrons. The standard InChI is InChI=1S/C4H7NO5S/c1-3(2-4(6)7)10-11(5,8)9/h2H,1H3,(H,6,7)(H2,5,8,9)/p-1/b3-2-. The number of carboxylic acids is 1. The Hall–Kier alpha value is -1.08. The smallest absolute Gasteiger partial charge is 0.379 e. The number of carbonyl (C=O) groups excluding carboxylic acids is 1. The third kappa shape index (κ3) is 6.81. The largest absolute Gasteiger partial charge is 0.545 e. The molecule has 0 unspecified atom stereocenters. The van der Waals surface area contributed by atoms with E-state index in [2.05, 4.69) is 9.32 Å². The molecular formula is C4H6NO5S-. The molecule has 0 fully saturated rings. The number of nitrogens with two attached hydrogens (primary N) is 1. The van der Waals surface area contributed by atoms with Gasteiger partial charge in [0.1, 0.15) is 5.76 Å². The van der Waals surface area contributed by atoms with E-state index in [-0.39, 0.29) is 5.76 Å². The number of hydrogen-bond acceptors (Lipinski definition) is 5. The minimum absolute atomic E-state index is 0.354. The van der Waals surface area contributed by atoms with E-state index >= 15 is 0 Å². The first kappa shape index (κ1) is 9.92. The average Bonchev–Trinajstić information content (AvgIpc) is 1.53. The Morgan fingerprint density at radius 1 is 1.64 bits per heavy atom. The molecule has 0 rings (SSSR count). The van der Waals surface area contributed by atoms with Gasteiger partial charge in [0.2, 0.25) is 0 Å². The van der Waals surface area contributed by atoms with Gasteiger partial charge in [-0.2, -0.15) is 13.6 Å². The summed E-state index contributed by atoms with van der Waals surface area (Å²) in [4.78, 5) is 9.79. The average molecular weight is 180 g/mol. The minimum Gasteiger partial charge on any atom is -0.545 e. The molecule has 0 amide bonds. The van der Waals surface area contributed by atoms with Gasteiger partial charge in [-0.15, -0.1) is 0 Å². The lowest BCUT2D eigenvalue weighted by atomic mass is 10.5. The quantitative estimate of drug-likeness (QED) is 0.393. The SMILES string of the molecule is C/C(=C/C(=O)[O-])OS(N)(=O)=O. The van der Waals surface area contributed by atoms with Gasteiger partial charge in [-0.05, 0) is 6.92 Å². The molecule has 0 atom stereocenters. The minimum atomic E-state index is -4.13. The van der Waals surface area contributed by atoms with Crippen LogP contribution in [-0.2, 0) is 19.3 Å². The highest BCUT2D eigenvalue weighted by molar-refractivity contribution is 7.84. The molecular weight excluding hydrogens is 174 g/mol. The van der Waals surface area contributed by atoms with E-state index in [4.69, 9.17) is 0 Å². The van der Waals surface area contributed by atoms with Crippen LogP contribution in [0.4, 0.5) is 0 Å². The summed E-state index contributed by atoms with van der Waals surface area (Å²) in [6.07, 6.45) is 0.477. The highest BCUT2D eigenvalue weighted by Gasteiger charge is 2.02. The van der Waals surface area contributed by atoms with E-state index in [0.717, 1.165) is 6.92 Å². The van der Waals surface area contributed by atoms with Crippen LogP contribution < -0.4 is 10.2 Å². The molecule has 0 saturated heterocycles. The summed E-state index contributed by atoms with van der Waals surface area (Å²) in [5.74, 6) is -1.90. The monoisotopic (exact) mass is 180 g/mol. The summed E-state index contributed by atoms with van der Waals surface area (Å²) in [5, 5.41) is 14.2. The maximum Gasteiger partial charge on any atom is 0.379 e. The Morgan fingerprint density at radius 2 is 2.09 bits per heavy atom. The van der Waals surface area contributed by atoms with Crippen LogP contribution in [0.15, 0.2) is 11.8 Å². The number of hydrogen-bond donors (Lipinski definition) is 1. The van der Waals surface area contributed by atoms with Crippen molar-refractivity contribution in [1.82, 2.24) is 0 Å². The highest BCUT2D eigenvalue weighted by Crippen LogP contribution is 1.96. The summed E-state index contributed by atoms with van der Waals surface area (Å²) in [6, 6.07) is 0. The van der Waals surface area contributed by atoms with Crippen LogP contribution >= 0.6 is 0 Å². The van der Waals surface area contributed by atoms with Gasteiger partial charge in [-0.25, -0.2) is 0 Å². The number of carbonyl (C=O) groups is 1. The van der Waals surface area contributed by atoms with Crippen LogP contribution in [0.3, 0.4) is 0 Å². The molecule has 6 nitrogen and oxygen atoms in total. The zero-order valence-electron chi connectivity index (χ0n) is 5.60. The van der Waals surface area contributed by atoms with Gasteiger partial charge in [-0.3, -0.25) is 0 Å². The van der Waals surface area contributed by atoms with E-state index < -0.39 is 16.3 Å². The van der Waals surface area contributed by atoms with Crippen molar-refractivity contribution in [1.29, 1.82) is 0 Å². The van der Waals surface area contributed by atoms with Crippen LogP contribution in [0.25, 0.3) is 0 Å². The molecule has 64 valence electrons. The van der Waals surface area contributed by atoms with Gasteiger partial charge >= 0.3 is 10.3 Å². The Morgan fingerprint density at radius 3 is 2.36 bits per heavy atom.